The Labute approximate surface area is 332 Å². The number of rotatable bonds is 8. The fraction of sp³-hybridized carbons (Fsp3) is 0.574. The Balaban J connectivity index is 1.15. The number of esters is 4. The summed E-state index contributed by atoms with van der Waals surface area (Å²) >= 11 is 0. The van der Waals surface area contributed by atoms with Gasteiger partial charge in [-0.15, -0.1) is 0 Å². The Morgan fingerprint density at radius 2 is 0.737 bits per heavy atom. The largest absolute Gasteiger partial charge is 0.468 e. The zero-order chi connectivity index (χ0) is 39.0. The Kier molecular flexibility index (Phi) is 6.86. The first kappa shape index (κ1) is 34.7. The molecule has 4 saturated carbocycles. The minimum Gasteiger partial charge on any atom is -0.468 e. The molecule has 10 aliphatic rings. The van der Waals surface area contributed by atoms with E-state index < -0.39 is 22.2 Å². The molecule has 2 aromatic carbocycles. The zero-order valence-corrected chi connectivity index (χ0v) is 32.9. The van der Waals surface area contributed by atoms with Crippen molar-refractivity contribution in [1.82, 2.24) is 9.80 Å². The number of carbonyl (C=O) groups excluding carboxylic acids is 4. The second-order valence-electron chi connectivity index (χ2n) is 19.1. The van der Waals surface area contributed by atoms with Gasteiger partial charge in [-0.25, -0.2) is 0 Å². The predicted molar refractivity (Wildman–Crippen MR) is 204 cm³/mol. The van der Waals surface area contributed by atoms with Crippen LogP contribution in [0.4, 0.5) is 0 Å². The summed E-state index contributed by atoms with van der Waals surface area (Å²) in [5.41, 5.74) is -2.60. The van der Waals surface area contributed by atoms with Gasteiger partial charge in [0.15, 0.2) is 0 Å². The Bertz CT molecular complexity index is 1920. The number of nitrogens with zero attached hydrogens (tertiary/aromatic N) is 2. The molecule has 2 aromatic rings. The number of benzene rings is 2. The SMILES string of the molecule is COC(=O)[C@]12[C@@H]3[C@@H]([C@H]4C=C[C@@H]3C4)[C@](C(=O)OC)([C@H]3C4CC([C@H]31)[C@H]1[C@@H]4[C@]3(C(=O)OC)[C@@H]4[C@@H]([C@H]5C=C[C@@H]4C5)[C@@]1(C(=O)OC)N3Cc1ccccc1)N2Cc1ccccc1. The standard InChI is InChI=1S/C47H50N2O8/c1-54-40(50)44-32-26-15-16-27(19-26)33(32)45(41(51)55-2,48(44)22-24-11-7-5-8-12-24)37-31-21-30(36(37)44)38-39(31)47(43(53)57-4)35-29-18-17-28(20-29)34(35)46(38,42(52)56-3)49(47)23-25-13-9-6-10-14-25/h5-18,26-39H,19-23H2,1-4H3/t26-,27+,28+,29-,30?,31?,32+,33-,34-,35+,36-,37+,38+,39-,44+,45-,46-,47+. The highest BCUT2D eigenvalue weighted by molar-refractivity contribution is 5.95. The topological polar surface area (TPSA) is 112 Å². The molecule has 8 fully saturated rings. The van der Waals surface area contributed by atoms with Gasteiger partial charge in [-0.1, -0.05) is 85.0 Å². The van der Waals surface area contributed by atoms with Gasteiger partial charge in [0.2, 0.25) is 0 Å². The van der Waals surface area contributed by atoms with Crippen molar-refractivity contribution in [3.8, 4) is 0 Å². The maximum Gasteiger partial charge on any atom is 0.326 e. The Morgan fingerprint density at radius 3 is 1.00 bits per heavy atom. The molecule has 6 aliphatic carbocycles. The molecular weight excluding hydrogens is 721 g/mol. The average Bonchev–Trinajstić information content (AvgIpc) is 4.12. The summed E-state index contributed by atoms with van der Waals surface area (Å²) in [6.45, 7) is 0.756. The quantitative estimate of drug-likeness (QED) is 0.213. The van der Waals surface area contributed by atoms with Crippen LogP contribution < -0.4 is 0 Å². The molecule has 2 unspecified atom stereocenters. The molecule has 12 rings (SSSR count). The van der Waals surface area contributed by atoms with Crippen molar-refractivity contribution in [2.24, 2.45) is 82.9 Å². The summed E-state index contributed by atoms with van der Waals surface area (Å²) in [5, 5.41) is 0. The average molecular weight is 771 g/mol. The van der Waals surface area contributed by atoms with Gasteiger partial charge in [-0.3, -0.25) is 29.0 Å². The number of hydrogen-bond donors (Lipinski definition) is 0. The molecule has 57 heavy (non-hydrogen) atoms. The molecule has 0 N–H and O–H groups in total. The van der Waals surface area contributed by atoms with E-state index in [9.17, 15) is 0 Å². The molecule has 0 radical (unpaired) electrons. The van der Waals surface area contributed by atoms with Gasteiger partial charge in [-0.2, -0.15) is 0 Å². The van der Waals surface area contributed by atoms with E-state index in [0.29, 0.717) is 19.5 Å². The lowest BCUT2D eigenvalue weighted by atomic mass is 9.43. The lowest BCUT2D eigenvalue weighted by molar-refractivity contribution is -0.172. The van der Waals surface area contributed by atoms with Crippen LogP contribution in [0.3, 0.4) is 0 Å². The van der Waals surface area contributed by atoms with E-state index >= 15 is 19.2 Å². The number of fused-ring (bicyclic) bond motifs is 30. The van der Waals surface area contributed by atoms with Crippen LogP contribution in [-0.4, -0.2) is 84.3 Å². The van der Waals surface area contributed by atoms with E-state index in [1.807, 2.05) is 36.4 Å². The smallest absolute Gasteiger partial charge is 0.326 e. The normalized spacial score (nSPS) is 48.9. The second-order valence-corrected chi connectivity index (χ2v) is 19.1. The predicted octanol–water partition coefficient (Wildman–Crippen LogP) is 4.68. The van der Waals surface area contributed by atoms with Crippen molar-refractivity contribution in [2.75, 3.05) is 28.4 Å². The number of allylic oxidation sites excluding steroid dienone is 4. The number of carbonyl (C=O) groups is 4. The third-order valence-electron chi connectivity index (χ3n) is 18.4. The highest BCUT2D eigenvalue weighted by atomic mass is 16.5. The number of ether oxygens (including phenoxy) is 4. The van der Waals surface area contributed by atoms with Crippen molar-refractivity contribution in [2.45, 2.75) is 54.5 Å². The summed E-state index contributed by atoms with van der Waals surface area (Å²) in [4.78, 5) is 66.1. The van der Waals surface area contributed by atoms with Crippen molar-refractivity contribution in [3.05, 3.63) is 96.1 Å². The summed E-state index contributed by atoms with van der Waals surface area (Å²) < 4.78 is 24.1. The van der Waals surface area contributed by atoms with E-state index in [2.05, 4.69) is 58.4 Å². The summed E-state index contributed by atoms with van der Waals surface area (Å²) in [7, 11) is 5.96. The summed E-state index contributed by atoms with van der Waals surface area (Å²) in [6, 6.07) is 20.3. The van der Waals surface area contributed by atoms with Crippen LogP contribution in [0.2, 0.25) is 0 Å². The number of hydrogen-bond acceptors (Lipinski definition) is 10. The van der Waals surface area contributed by atoms with Gasteiger partial charge in [0.25, 0.3) is 0 Å². The molecular formula is C47H50N2O8. The Hall–Kier alpha value is -4.28. The van der Waals surface area contributed by atoms with Crippen LogP contribution in [0, 0.1) is 82.9 Å². The Morgan fingerprint density at radius 1 is 0.456 bits per heavy atom. The molecule has 4 heterocycles. The van der Waals surface area contributed by atoms with Gasteiger partial charge in [-0.05, 0) is 89.6 Å². The molecule has 0 spiro atoms. The third kappa shape index (κ3) is 3.41. The van der Waals surface area contributed by atoms with Crippen molar-refractivity contribution >= 4 is 23.9 Å². The highest BCUT2D eigenvalue weighted by Crippen LogP contribution is 2.87. The fourth-order valence-corrected chi connectivity index (χ4v) is 18.0. The first-order valence-electron chi connectivity index (χ1n) is 21.1. The van der Waals surface area contributed by atoms with E-state index in [0.717, 1.165) is 24.0 Å². The molecule has 10 bridgehead atoms. The van der Waals surface area contributed by atoms with Gasteiger partial charge in [0.1, 0.15) is 22.2 Å². The van der Waals surface area contributed by atoms with E-state index in [1.54, 1.807) is 0 Å². The van der Waals surface area contributed by atoms with E-state index in [-0.39, 0.29) is 107 Å². The number of methoxy groups -OCH3 is 4. The van der Waals surface area contributed by atoms with Gasteiger partial charge in [0.05, 0.1) is 28.4 Å². The van der Waals surface area contributed by atoms with Gasteiger partial charge < -0.3 is 18.9 Å². The molecule has 10 heteroatoms. The van der Waals surface area contributed by atoms with E-state index in [4.69, 9.17) is 18.9 Å². The molecule has 4 saturated heterocycles. The van der Waals surface area contributed by atoms with Gasteiger partial charge >= 0.3 is 23.9 Å². The van der Waals surface area contributed by atoms with Crippen molar-refractivity contribution in [1.29, 1.82) is 0 Å². The lowest BCUT2D eigenvalue weighted by Crippen LogP contribution is -2.67. The van der Waals surface area contributed by atoms with Crippen molar-refractivity contribution in [3.63, 3.8) is 0 Å². The minimum absolute atomic E-state index is 0.102. The van der Waals surface area contributed by atoms with Gasteiger partial charge in [0, 0.05) is 36.8 Å². The molecule has 0 aromatic heterocycles. The van der Waals surface area contributed by atoms with Crippen LogP contribution in [-0.2, 0) is 51.2 Å². The molecule has 296 valence electrons. The highest BCUT2D eigenvalue weighted by Gasteiger charge is 2.97. The van der Waals surface area contributed by atoms with Crippen LogP contribution in [0.25, 0.3) is 0 Å². The second kappa shape index (κ2) is 11.3. The van der Waals surface area contributed by atoms with Crippen molar-refractivity contribution < 1.29 is 38.1 Å². The third-order valence-corrected chi connectivity index (χ3v) is 18.4. The lowest BCUT2D eigenvalue weighted by Gasteiger charge is -2.57. The van der Waals surface area contributed by atoms with Crippen LogP contribution >= 0.6 is 0 Å². The van der Waals surface area contributed by atoms with E-state index in [1.165, 1.54) is 28.4 Å². The summed E-state index contributed by atoms with van der Waals surface area (Å²) in [5.74, 6) is -3.02. The molecule has 4 aliphatic heterocycles. The summed E-state index contributed by atoms with van der Waals surface area (Å²) in [6.07, 6.45) is 11.6. The zero-order valence-electron chi connectivity index (χ0n) is 32.9. The van der Waals surface area contributed by atoms with Crippen LogP contribution in [0.1, 0.15) is 30.4 Å². The molecule has 0 amide bonds. The van der Waals surface area contributed by atoms with Crippen LogP contribution in [0.5, 0.6) is 0 Å². The monoisotopic (exact) mass is 770 g/mol. The first-order chi connectivity index (χ1) is 27.7. The van der Waals surface area contributed by atoms with Crippen LogP contribution in [0.15, 0.2) is 85.0 Å². The maximum absolute atomic E-state index is 15.4. The maximum atomic E-state index is 15.4. The molecule has 10 nitrogen and oxygen atoms in total. The molecule has 18 atom stereocenters. The fourth-order valence-electron chi connectivity index (χ4n) is 18.0. The first-order valence-corrected chi connectivity index (χ1v) is 21.1. The minimum atomic E-state index is -1.15.